The number of pyridine rings is 1. The van der Waals surface area contributed by atoms with E-state index in [0.29, 0.717) is 10.2 Å². The summed E-state index contributed by atoms with van der Waals surface area (Å²) in [6.45, 7) is 3.46. The minimum absolute atomic E-state index is 0.202. The van der Waals surface area contributed by atoms with E-state index < -0.39 is 5.60 Å². The number of carbonyl (C=O) groups excluding carboxylic acids is 1. The molecule has 15 heavy (non-hydrogen) atoms. The van der Waals surface area contributed by atoms with Crippen LogP contribution in [-0.2, 0) is 0 Å². The molecule has 0 atom stereocenters. The Hall–Kier alpha value is -0.940. The van der Waals surface area contributed by atoms with E-state index in [-0.39, 0.29) is 12.5 Å². The summed E-state index contributed by atoms with van der Waals surface area (Å²) in [5, 5.41) is 12.1. The van der Waals surface area contributed by atoms with Gasteiger partial charge in [-0.05, 0) is 41.9 Å². The predicted octanol–water partition coefficient (Wildman–Crippen LogP) is 1.34. The largest absolute Gasteiger partial charge is 0.389 e. The van der Waals surface area contributed by atoms with E-state index in [2.05, 4.69) is 26.2 Å². The number of aromatic nitrogens is 1. The first-order chi connectivity index (χ1) is 6.90. The Morgan fingerprint density at radius 1 is 1.67 bits per heavy atom. The third-order valence-electron chi connectivity index (χ3n) is 1.69. The van der Waals surface area contributed by atoms with Gasteiger partial charge >= 0.3 is 0 Å². The first-order valence-corrected chi connectivity index (χ1v) is 5.30. The van der Waals surface area contributed by atoms with E-state index in [4.69, 9.17) is 0 Å². The first-order valence-electron chi connectivity index (χ1n) is 4.51. The third-order valence-corrected chi connectivity index (χ3v) is 2.32. The fourth-order valence-electron chi connectivity index (χ4n) is 0.947. The summed E-state index contributed by atoms with van der Waals surface area (Å²) >= 11 is 3.18. The number of aliphatic hydroxyl groups is 1. The molecule has 0 spiro atoms. The Morgan fingerprint density at radius 3 is 2.87 bits per heavy atom. The van der Waals surface area contributed by atoms with Crippen LogP contribution >= 0.6 is 15.9 Å². The Bertz CT molecular complexity index is 361. The third kappa shape index (κ3) is 3.97. The molecule has 1 amide bonds. The van der Waals surface area contributed by atoms with E-state index in [1.165, 1.54) is 0 Å². The van der Waals surface area contributed by atoms with Crippen LogP contribution in [0, 0.1) is 0 Å². The molecular weight excluding hydrogens is 260 g/mol. The highest BCUT2D eigenvalue weighted by atomic mass is 79.9. The van der Waals surface area contributed by atoms with Gasteiger partial charge in [0.1, 0.15) is 4.60 Å². The van der Waals surface area contributed by atoms with Crippen molar-refractivity contribution in [3.8, 4) is 0 Å². The van der Waals surface area contributed by atoms with E-state index in [1.807, 2.05) is 0 Å². The summed E-state index contributed by atoms with van der Waals surface area (Å²) in [5.74, 6) is -0.253. The van der Waals surface area contributed by atoms with Crippen molar-refractivity contribution in [3.05, 3.63) is 28.5 Å². The van der Waals surface area contributed by atoms with Gasteiger partial charge in [0.2, 0.25) is 0 Å². The first kappa shape index (κ1) is 12.1. The van der Waals surface area contributed by atoms with Gasteiger partial charge in [0.05, 0.1) is 11.2 Å². The van der Waals surface area contributed by atoms with Crippen LogP contribution < -0.4 is 5.32 Å². The number of carbonyl (C=O) groups is 1. The number of hydrogen-bond acceptors (Lipinski definition) is 3. The normalized spacial score (nSPS) is 11.2. The zero-order chi connectivity index (χ0) is 11.5. The number of nitrogens with zero attached hydrogens (tertiary/aromatic N) is 1. The molecule has 1 aromatic rings. The van der Waals surface area contributed by atoms with Gasteiger partial charge in [-0.3, -0.25) is 4.79 Å². The molecule has 1 heterocycles. The van der Waals surface area contributed by atoms with Crippen molar-refractivity contribution in [2.45, 2.75) is 19.4 Å². The smallest absolute Gasteiger partial charge is 0.254 e. The summed E-state index contributed by atoms with van der Waals surface area (Å²) in [7, 11) is 0. The summed E-state index contributed by atoms with van der Waals surface area (Å²) in [6, 6.07) is 3.35. The molecule has 1 aromatic heterocycles. The maximum Gasteiger partial charge on any atom is 0.254 e. The maximum absolute atomic E-state index is 11.6. The molecule has 4 nitrogen and oxygen atoms in total. The lowest BCUT2D eigenvalue weighted by atomic mass is 10.1. The van der Waals surface area contributed by atoms with E-state index >= 15 is 0 Å². The molecule has 0 saturated heterocycles. The van der Waals surface area contributed by atoms with Crippen molar-refractivity contribution < 1.29 is 9.90 Å². The molecule has 0 fully saturated rings. The summed E-state index contributed by atoms with van der Waals surface area (Å²) in [5.41, 5.74) is -0.452. The van der Waals surface area contributed by atoms with Gasteiger partial charge in [0.15, 0.2) is 0 Å². The fraction of sp³-hybridized carbons (Fsp3) is 0.400. The predicted molar refractivity (Wildman–Crippen MR) is 60.6 cm³/mol. The van der Waals surface area contributed by atoms with Gasteiger partial charge in [-0.1, -0.05) is 0 Å². The SMILES string of the molecule is CC(C)(O)CNC(=O)c1cccnc1Br. The molecule has 0 bridgehead atoms. The summed E-state index contributed by atoms with van der Waals surface area (Å²) in [4.78, 5) is 15.6. The molecule has 0 radical (unpaired) electrons. The molecule has 0 aromatic carbocycles. The highest BCUT2D eigenvalue weighted by Crippen LogP contribution is 2.12. The minimum Gasteiger partial charge on any atom is -0.389 e. The quantitative estimate of drug-likeness (QED) is 0.817. The monoisotopic (exact) mass is 272 g/mol. The summed E-state index contributed by atoms with van der Waals surface area (Å²) in [6.07, 6.45) is 1.59. The van der Waals surface area contributed by atoms with Gasteiger partial charge in [0, 0.05) is 12.7 Å². The van der Waals surface area contributed by atoms with Crippen molar-refractivity contribution in [3.63, 3.8) is 0 Å². The van der Waals surface area contributed by atoms with E-state index in [0.717, 1.165) is 0 Å². The summed E-state index contributed by atoms with van der Waals surface area (Å²) < 4.78 is 0.498. The van der Waals surface area contributed by atoms with Crippen molar-refractivity contribution >= 4 is 21.8 Å². The number of halogens is 1. The highest BCUT2D eigenvalue weighted by molar-refractivity contribution is 9.10. The molecule has 0 aliphatic rings. The van der Waals surface area contributed by atoms with E-state index in [9.17, 15) is 9.90 Å². The van der Waals surface area contributed by atoms with Gasteiger partial charge in [-0.25, -0.2) is 4.98 Å². The molecule has 0 aliphatic carbocycles. The molecule has 0 saturated carbocycles. The topological polar surface area (TPSA) is 62.2 Å². The second kappa shape index (κ2) is 4.72. The maximum atomic E-state index is 11.6. The average molecular weight is 273 g/mol. The van der Waals surface area contributed by atoms with Gasteiger partial charge in [-0.2, -0.15) is 0 Å². The van der Waals surface area contributed by atoms with Gasteiger partial charge < -0.3 is 10.4 Å². The Labute approximate surface area is 96.8 Å². The fourth-order valence-corrected chi connectivity index (χ4v) is 1.38. The molecule has 0 unspecified atom stereocenters. The van der Waals surface area contributed by atoms with Crippen molar-refractivity contribution in [2.24, 2.45) is 0 Å². The standard InChI is InChI=1S/C10H13BrN2O2/c1-10(2,15)6-13-9(14)7-4-3-5-12-8(7)11/h3-5,15H,6H2,1-2H3,(H,13,14). The Kier molecular flexibility index (Phi) is 3.82. The van der Waals surface area contributed by atoms with Crippen LogP contribution in [0.25, 0.3) is 0 Å². The molecule has 82 valence electrons. The second-order valence-electron chi connectivity index (χ2n) is 3.84. The van der Waals surface area contributed by atoms with E-state index in [1.54, 1.807) is 32.2 Å². The zero-order valence-corrected chi connectivity index (χ0v) is 10.2. The Balaban J connectivity index is 2.66. The number of rotatable bonds is 3. The van der Waals surface area contributed by atoms with Crippen molar-refractivity contribution in [1.29, 1.82) is 0 Å². The van der Waals surface area contributed by atoms with Crippen LogP contribution in [0.5, 0.6) is 0 Å². The lowest BCUT2D eigenvalue weighted by Gasteiger charge is -2.17. The van der Waals surface area contributed by atoms with Crippen LogP contribution in [0.3, 0.4) is 0 Å². The zero-order valence-electron chi connectivity index (χ0n) is 8.62. The van der Waals surface area contributed by atoms with Gasteiger partial charge in [0.25, 0.3) is 5.91 Å². The molecular formula is C10H13BrN2O2. The van der Waals surface area contributed by atoms with Crippen LogP contribution in [0.1, 0.15) is 24.2 Å². The number of amides is 1. The lowest BCUT2D eigenvalue weighted by molar-refractivity contribution is 0.0693. The van der Waals surface area contributed by atoms with Crippen LogP contribution in [-0.4, -0.2) is 28.1 Å². The van der Waals surface area contributed by atoms with Gasteiger partial charge in [-0.15, -0.1) is 0 Å². The molecule has 0 aliphatic heterocycles. The van der Waals surface area contributed by atoms with Crippen LogP contribution in [0.4, 0.5) is 0 Å². The average Bonchev–Trinajstić information content (AvgIpc) is 2.14. The number of hydrogen-bond donors (Lipinski definition) is 2. The molecule has 2 N–H and O–H groups in total. The van der Waals surface area contributed by atoms with Crippen molar-refractivity contribution in [2.75, 3.05) is 6.54 Å². The molecule has 1 rings (SSSR count). The van der Waals surface area contributed by atoms with Crippen LogP contribution in [0.2, 0.25) is 0 Å². The minimum atomic E-state index is -0.912. The lowest BCUT2D eigenvalue weighted by Crippen LogP contribution is -2.38. The van der Waals surface area contributed by atoms with Crippen molar-refractivity contribution in [1.82, 2.24) is 10.3 Å². The molecule has 5 heteroatoms. The Morgan fingerprint density at radius 2 is 2.33 bits per heavy atom. The highest BCUT2D eigenvalue weighted by Gasteiger charge is 2.16. The number of nitrogens with one attached hydrogen (secondary N) is 1. The van der Waals surface area contributed by atoms with Crippen LogP contribution in [0.15, 0.2) is 22.9 Å². The second-order valence-corrected chi connectivity index (χ2v) is 4.59.